The highest BCUT2D eigenvalue weighted by atomic mass is 16.5. The SMILES string of the molecule is COC(=O)CC(O)c1cccc(C)c1C. The lowest BCUT2D eigenvalue weighted by Crippen LogP contribution is -2.09. The van der Waals surface area contributed by atoms with Gasteiger partial charge in [0.05, 0.1) is 19.6 Å². The van der Waals surface area contributed by atoms with Crippen LogP contribution in [0.1, 0.15) is 29.2 Å². The quantitative estimate of drug-likeness (QED) is 0.772. The van der Waals surface area contributed by atoms with Gasteiger partial charge in [0, 0.05) is 0 Å². The van der Waals surface area contributed by atoms with Gasteiger partial charge in [-0.1, -0.05) is 18.2 Å². The van der Waals surface area contributed by atoms with Gasteiger partial charge < -0.3 is 9.84 Å². The number of methoxy groups -OCH3 is 1. The zero-order valence-corrected chi connectivity index (χ0v) is 9.28. The summed E-state index contributed by atoms with van der Waals surface area (Å²) in [5.41, 5.74) is 2.92. The van der Waals surface area contributed by atoms with Crippen molar-refractivity contribution in [1.29, 1.82) is 0 Å². The summed E-state index contributed by atoms with van der Waals surface area (Å²) in [4.78, 5) is 11.0. The van der Waals surface area contributed by atoms with Gasteiger partial charge in [-0.3, -0.25) is 4.79 Å². The maximum atomic E-state index is 11.0. The molecule has 1 N–H and O–H groups in total. The standard InChI is InChI=1S/C12H16O3/c1-8-5-4-6-10(9(8)2)11(13)7-12(14)15-3/h4-6,11,13H,7H2,1-3H3. The fraction of sp³-hybridized carbons (Fsp3) is 0.417. The summed E-state index contributed by atoms with van der Waals surface area (Å²) in [5.74, 6) is -0.400. The molecule has 0 aliphatic rings. The Balaban J connectivity index is 2.86. The highest BCUT2D eigenvalue weighted by Crippen LogP contribution is 2.22. The van der Waals surface area contributed by atoms with Crippen molar-refractivity contribution in [2.45, 2.75) is 26.4 Å². The predicted octanol–water partition coefficient (Wildman–Crippen LogP) is 1.90. The van der Waals surface area contributed by atoms with E-state index in [1.807, 2.05) is 32.0 Å². The van der Waals surface area contributed by atoms with Gasteiger partial charge in [0.25, 0.3) is 0 Å². The number of aryl methyl sites for hydroxylation is 1. The molecule has 1 atom stereocenters. The van der Waals surface area contributed by atoms with Crippen LogP contribution in [0.5, 0.6) is 0 Å². The first-order chi connectivity index (χ1) is 7.06. The van der Waals surface area contributed by atoms with E-state index in [1.54, 1.807) is 0 Å². The third-order valence-electron chi connectivity index (χ3n) is 2.59. The molecule has 0 aliphatic heterocycles. The summed E-state index contributed by atoms with van der Waals surface area (Å²) in [5, 5.41) is 9.83. The monoisotopic (exact) mass is 208 g/mol. The Morgan fingerprint density at radius 3 is 2.73 bits per heavy atom. The van der Waals surface area contributed by atoms with Crippen LogP contribution in [0.15, 0.2) is 18.2 Å². The molecular weight excluding hydrogens is 192 g/mol. The molecule has 0 aromatic heterocycles. The normalized spacial score (nSPS) is 12.3. The second-order valence-electron chi connectivity index (χ2n) is 3.59. The minimum absolute atomic E-state index is 0.000787. The molecule has 1 aromatic carbocycles. The van der Waals surface area contributed by atoms with Crippen molar-refractivity contribution < 1.29 is 14.6 Å². The number of hydrogen-bond acceptors (Lipinski definition) is 3. The largest absolute Gasteiger partial charge is 0.469 e. The molecule has 0 saturated heterocycles. The average Bonchev–Trinajstić information content (AvgIpc) is 2.21. The predicted molar refractivity (Wildman–Crippen MR) is 57.5 cm³/mol. The molecule has 1 unspecified atom stereocenters. The van der Waals surface area contributed by atoms with Gasteiger partial charge in [0.1, 0.15) is 0 Å². The first kappa shape index (κ1) is 11.7. The third-order valence-corrected chi connectivity index (χ3v) is 2.59. The Kier molecular flexibility index (Phi) is 3.86. The zero-order chi connectivity index (χ0) is 11.4. The Labute approximate surface area is 89.7 Å². The molecule has 0 heterocycles. The van der Waals surface area contributed by atoms with E-state index in [4.69, 9.17) is 0 Å². The number of esters is 1. The number of hydrogen-bond donors (Lipinski definition) is 1. The van der Waals surface area contributed by atoms with Crippen LogP contribution >= 0.6 is 0 Å². The van der Waals surface area contributed by atoms with Crippen molar-refractivity contribution in [1.82, 2.24) is 0 Å². The first-order valence-electron chi connectivity index (χ1n) is 4.87. The average molecular weight is 208 g/mol. The lowest BCUT2D eigenvalue weighted by molar-refractivity contribution is -0.142. The molecule has 1 rings (SSSR count). The molecule has 82 valence electrons. The summed E-state index contributed by atoms with van der Waals surface area (Å²) < 4.78 is 4.51. The Morgan fingerprint density at radius 2 is 2.13 bits per heavy atom. The highest BCUT2D eigenvalue weighted by Gasteiger charge is 2.15. The minimum Gasteiger partial charge on any atom is -0.469 e. The van der Waals surface area contributed by atoms with Crippen LogP contribution in [-0.2, 0) is 9.53 Å². The van der Waals surface area contributed by atoms with Crippen LogP contribution in [0.25, 0.3) is 0 Å². The number of carbonyl (C=O) groups excluding carboxylic acids is 1. The zero-order valence-electron chi connectivity index (χ0n) is 9.28. The summed E-state index contributed by atoms with van der Waals surface area (Å²) in [6.45, 7) is 3.91. The van der Waals surface area contributed by atoms with Gasteiger partial charge in [-0.15, -0.1) is 0 Å². The number of aliphatic hydroxyl groups excluding tert-OH is 1. The van der Waals surface area contributed by atoms with Gasteiger partial charge in [0.15, 0.2) is 0 Å². The number of aliphatic hydroxyl groups is 1. The highest BCUT2D eigenvalue weighted by molar-refractivity contribution is 5.70. The van der Waals surface area contributed by atoms with Crippen LogP contribution in [0, 0.1) is 13.8 Å². The van der Waals surface area contributed by atoms with E-state index in [0.717, 1.165) is 16.7 Å². The van der Waals surface area contributed by atoms with Crippen LogP contribution in [0.4, 0.5) is 0 Å². The molecule has 0 amide bonds. The Hall–Kier alpha value is -1.35. The van der Waals surface area contributed by atoms with Crippen molar-refractivity contribution in [3.63, 3.8) is 0 Å². The molecule has 0 spiro atoms. The van der Waals surface area contributed by atoms with Crippen LogP contribution in [-0.4, -0.2) is 18.2 Å². The summed E-state index contributed by atoms with van der Waals surface area (Å²) in [6.07, 6.45) is -0.779. The fourth-order valence-electron chi connectivity index (χ4n) is 1.49. The van der Waals surface area contributed by atoms with E-state index in [9.17, 15) is 9.90 Å². The van der Waals surface area contributed by atoms with Crippen LogP contribution in [0.3, 0.4) is 0 Å². The summed E-state index contributed by atoms with van der Waals surface area (Å²) in [7, 11) is 1.32. The number of benzene rings is 1. The van der Waals surface area contributed by atoms with Crippen molar-refractivity contribution in [2.75, 3.05) is 7.11 Å². The maximum absolute atomic E-state index is 11.0. The molecule has 3 heteroatoms. The van der Waals surface area contributed by atoms with Gasteiger partial charge in [-0.05, 0) is 30.5 Å². The molecular formula is C12H16O3. The Morgan fingerprint density at radius 1 is 1.47 bits per heavy atom. The second-order valence-corrected chi connectivity index (χ2v) is 3.59. The molecule has 3 nitrogen and oxygen atoms in total. The number of rotatable bonds is 3. The molecule has 15 heavy (non-hydrogen) atoms. The van der Waals surface area contributed by atoms with Crippen molar-refractivity contribution in [2.24, 2.45) is 0 Å². The van der Waals surface area contributed by atoms with E-state index in [0.29, 0.717) is 0 Å². The second kappa shape index (κ2) is 4.94. The molecule has 0 saturated carbocycles. The first-order valence-corrected chi connectivity index (χ1v) is 4.87. The van der Waals surface area contributed by atoms with Crippen molar-refractivity contribution in [3.8, 4) is 0 Å². The Bertz CT molecular complexity index is 358. The topological polar surface area (TPSA) is 46.5 Å². The third kappa shape index (κ3) is 2.80. The van der Waals surface area contributed by atoms with E-state index in [1.165, 1.54) is 7.11 Å². The lowest BCUT2D eigenvalue weighted by Gasteiger charge is -2.13. The van der Waals surface area contributed by atoms with Gasteiger partial charge >= 0.3 is 5.97 Å². The molecule has 0 radical (unpaired) electrons. The molecule has 0 fully saturated rings. The molecule has 0 bridgehead atoms. The van der Waals surface area contributed by atoms with E-state index in [-0.39, 0.29) is 6.42 Å². The van der Waals surface area contributed by atoms with E-state index < -0.39 is 12.1 Å². The van der Waals surface area contributed by atoms with E-state index >= 15 is 0 Å². The fourth-order valence-corrected chi connectivity index (χ4v) is 1.49. The lowest BCUT2D eigenvalue weighted by atomic mass is 9.97. The molecule has 0 aliphatic carbocycles. The molecule has 1 aromatic rings. The number of ether oxygens (including phenoxy) is 1. The smallest absolute Gasteiger partial charge is 0.308 e. The summed E-state index contributed by atoms with van der Waals surface area (Å²) >= 11 is 0. The van der Waals surface area contributed by atoms with Gasteiger partial charge in [-0.25, -0.2) is 0 Å². The van der Waals surface area contributed by atoms with Gasteiger partial charge in [0.2, 0.25) is 0 Å². The summed E-state index contributed by atoms with van der Waals surface area (Å²) in [6, 6.07) is 5.68. The van der Waals surface area contributed by atoms with E-state index in [2.05, 4.69) is 4.74 Å². The van der Waals surface area contributed by atoms with Gasteiger partial charge in [-0.2, -0.15) is 0 Å². The van der Waals surface area contributed by atoms with Crippen molar-refractivity contribution in [3.05, 3.63) is 34.9 Å². The number of carbonyl (C=O) groups is 1. The van der Waals surface area contributed by atoms with Crippen LogP contribution in [0.2, 0.25) is 0 Å². The van der Waals surface area contributed by atoms with Crippen LogP contribution < -0.4 is 0 Å². The van der Waals surface area contributed by atoms with Crippen molar-refractivity contribution >= 4 is 5.97 Å². The minimum atomic E-state index is -0.780. The maximum Gasteiger partial charge on any atom is 0.308 e.